The molecule has 8 heteroatoms. The van der Waals surface area contributed by atoms with Crippen LogP contribution >= 0.6 is 11.8 Å². The predicted molar refractivity (Wildman–Crippen MR) is 107 cm³/mol. The number of nitrogens with one attached hydrogen (secondary N) is 2. The number of carbonyl (C=O) groups excluding carboxylic acids is 2. The van der Waals surface area contributed by atoms with Crippen molar-refractivity contribution in [1.29, 1.82) is 0 Å². The van der Waals surface area contributed by atoms with Crippen molar-refractivity contribution in [2.75, 3.05) is 11.9 Å². The first-order valence-electron chi connectivity index (χ1n) is 8.77. The van der Waals surface area contributed by atoms with E-state index in [9.17, 15) is 9.59 Å². The molecule has 3 aromatic rings. The average molecular weight is 396 g/mol. The largest absolute Gasteiger partial charge is 0.352 e. The molecular weight excluding hydrogens is 376 g/mol. The number of aromatic nitrogens is 2. The Morgan fingerprint density at radius 1 is 1.07 bits per heavy atom. The van der Waals surface area contributed by atoms with Crippen molar-refractivity contribution < 1.29 is 14.1 Å². The number of carbonyl (C=O) groups is 2. The van der Waals surface area contributed by atoms with Gasteiger partial charge in [0.1, 0.15) is 0 Å². The second kappa shape index (κ2) is 9.18. The van der Waals surface area contributed by atoms with Gasteiger partial charge in [-0.1, -0.05) is 17.3 Å². The Balaban J connectivity index is 1.68. The Kier molecular flexibility index (Phi) is 6.44. The number of anilines is 1. The van der Waals surface area contributed by atoms with Crippen molar-refractivity contribution in [3.63, 3.8) is 0 Å². The number of thioether (sulfide) groups is 1. The summed E-state index contributed by atoms with van der Waals surface area (Å²) >= 11 is 1.47. The quantitative estimate of drug-likeness (QED) is 0.592. The van der Waals surface area contributed by atoms with Crippen molar-refractivity contribution in [2.24, 2.45) is 0 Å². The van der Waals surface area contributed by atoms with E-state index < -0.39 is 0 Å². The Bertz CT molecular complexity index is 970. The number of rotatable bonds is 7. The number of aryl methyl sites for hydroxylation is 1. The van der Waals surface area contributed by atoms with Gasteiger partial charge in [-0.05, 0) is 43.3 Å². The summed E-state index contributed by atoms with van der Waals surface area (Å²) in [5.41, 5.74) is 1.72. The number of amides is 2. The molecule has 0 spiro atoms. The molecule has 0 atom stereocenters. The summed E-state index contributed by atoms with van der Waals surface area (Å²) < 4.78 is 4.97. The third-order valence-corrected chi connectivity index (χ3v) is 4.87. The minimum atomic E-state index is -0.224. The van der Waals surface area contributed by atoms with Crippen LogP contribution in [0, 0.1) is 6.92 Å². The minimum Gasteiger partial charge on any atom is -0.352 e. The second-order valence-corrected chi connectivity index (χ2v) is 6.92. The lowest BCUT2D eigenvalue weighted by Gasteiger charge is -2.10. The summed E-state index contributed by atoms with van der Waals surface area (Å²) in [6, 6.07) is 14.1. The monoisotopic (exact) mass is 396 g/mol. The van der Waals surface area contributed by atoms with E-state index in [1.54, 1.807) is 37.3 Å². The van der Waals surface area contributed by atoms with Gasteiger partial charge in [-0.25, -0.2) is 0 Å². The van der Waals surface area contributed by atoms with Gasteiger partial charge in [-0.3, -0.25) is 9.59 Å². The molecule has 144 valence electrons. The maximum atomic E-state index is 12.7. The lowest BCUT2D eigenvalue weighted by atomic mass is 10.1. The number of benzene rings is 2. The van der Waals surface area contributed by atoms with E-state index in [1.165, 1.54) is 11.8 Å². The normalized spacial score (nSPS) is 10.5. The molecule has 3 rings (SSSR count). The molecule has 0 saturated heterocycles. The third-order valence-electron chi connectivity index (χ3n) is 3.80. The van der Waals surface area contributed by atoms with Crippen molar-refractivity contribution in [3.8, 4) is 0 Å². The fourth-order valence-electron chi connectivity index (χ4n) is 2.49. The molecule has 0 aliphatic rings. The first-order valence-corrected chi connectivity index (χ1v) is 9.76. The summed E-state index contributed by atoms with van der Waals surface area (Å²) in [6.07, 6.45) is 0. The topological polar surface area (TPSA) is 97.1 Å². The maximum Gasteiger partial charge on any atom is 0.256 e. The van der Waals surface area contributed by atoms with Crippen molar-refractivity contribution >= 4 is 29.3 Å². The molecule has 7 nitrogen and oxygen atoms in total. The molecule has 2 N–H and O–H groups in total. The molecule has 0 unspecified atom stereocenters. The fraction of sp³-hybridized carbons (Fsp3) is 0.200. The highest BCUT2D eigenvalue weighted by molar-refractivity contribution is 7.98. The smallest absolute Gasteiger partial charge is 0.256 e. The molecule has 0 aliphatic carbocycles. The molecule has 0 fully saturated rings. The van der Waals surface area contributed by atoms with Crippen molar-refractivity contribution in [3.05, 3.63) is 71.4 Å². The Labute approximate surface area is 166 Å². The molecule has 0 saturated carbocycles. The van der Waals surface area contributed by atoms with Gasteiger partial charge in [0.25, 0.3) is 11.8 Å². The third kappa shape index (κ3) is 4.98. The van der Waals surface area contributed by atoms with Crippen LogP contribution < -0.4 is 10.6 Å². The summed E-state index contributed by atoms with van der Waals surface area (Å²) in [7, 11) is 0. The first-order chi connectivity index (χ1) is 13.6. The Morgan fingerprint density at radius 3 is 2.50 bits per heavy atom. The van der Waals surface area contributed by atoms with Crippen LogP contribution in [0.3, 0.4) is 0 Å². The van der Waals surface area contributed by atoms with Gasteiger partial charge in [0.15, 0.2) is 5.82 Å². The lowest BCUT2D eigenvalue weighted by molar-refractivity contribution is 0.0955. The van der Waals surface area contributed by atoms with E-state index in [0.717, 1.165) is 4.90 Å². The molecule has 2 amide bonds. The number of nitrogens with zero attached hydrogens (tertiary/aromatic N) is 2. The molecule has 0 radical (unpaired) electrons. The van der Waals surface area contributed by atoms with Gasteiger partial charge < -0.3 is 15.2 Å². The molecular formula is C20H20N4O3S. The predicted octanol–water partition coefficient (Wildman–Crippen LogP) is 3.67. The van der Waals surface area contributed by atoms with E-state index in [2.05, 4.69) is 20.8 Å². The van der Waals surface area contributed by atoms with Gasteiger partial charge in [0, 0.05) is 29.6 Å². The average Bonchev–Trinajstić information content (AvgIpc) is 3.12. The number of hydrogen-bond donors (Lipinski definition) is 2. The fourth-order valence-corrected chi connectivity index (χ4v) is 3.38. The standard InChI is InChI=1S/C20H20N4O3S/c1-3-21-19(25)14-8-10-15(11-9-14)23-20(26)16-6-4-5-7-17(16)28-12-18-22-13(2)27-24-18/h4-11H,3,12H2,1-2H3,(H,21,25)(H,23,26). The maximum absolute atomic E-state index is 12.7. The second-order valence-electron chi connectivity index (χ2n) is 5.91. The van der Waals surface area contributed by atoms with Crippen LogP contribution in [0.2, 0.25) is 0 Å². The highest BCUT2D eigenvalue weighted by Crippen LogP contribution is 2.26. The highest BCUT2D eigenvalue weighted by atomic mass is 32.2. The zero-order valence-electron chi connectivity index (χ0n) is 15.6. The van der Waals surface area contributed by atoms with Crippen LogP contribution in [-0.2, 0) is 5.75 Å². The van der Waals surface area contributed by atoms with Gasteiger partial charge in [-0.2, -0.15) is 4.98 Å². The van der Waals surface area contributed by atoms with E-state index >= 15 is 0 Å². The summed E-state index contributed by atoms with van der Waals surface area (Å²) in [5, 5.41) is 9.47. The molecule has 1 heterocycles. The number of hydrogen-bond acceptors (Lipinski definition) is 6. The Morgan fingerprint density at radius 2 is 1.82 bits per heavy atom. The van der Waals surface area contributed by atoms with Crippen LogP contribution in [-0.4, -0.2) is 28.5 Å². The lowest BCUT2D eigenvalue weighted by Crippen LogP contribution is -2.22. The summed E-state index contributed by atoms with van der Waals surface area (Å²) in [5.74, 6) is 1.23. The highest BCUT2D eigenvalue weighted by Gasteiger charge is 2.13. The molecule has 28 heavy (non-hydrogen) atoms. The molecule has 0 bridgehead atoms. The van der Waals surface area contributed by atoms with Crippen LogP contribution in [0.4, 0.5) is 5.69 Å². The zero-order valence-corrected chi connectivity index (χ0v) is 16.4. The SMILES string of the molecule is CCNC(=O)c1ccc(NC(=O)c2ccccc2SCc2noc(C)n2)cc1. The summed E-state index contributed by atoms with van der Waals surface area (Å²) in [6.45, 7) is 4.16. The van der Waals surface area contributed by atoms with Gasteiger partial charge >= 0.3 is 0 Å². The van der Waals surface area contributed by atoms with Crippen LogP contribution in [0.25, 0.3) is 0 Å². The Hall–Kier alpha value is -3.13. The van der Waals surface area contributed by atoms with Crippen molar-refractivity contribution in [1.82, 2.24) is 15.5 Å². The van der Waals surface area contributed by atoms with E-state index in [4.69, 9.17) is 4.52 Å². The molecule has 2 aromatic carbocycles. The van der Waals surface area contributed by atoms with Gasteiger partial charge in [0.2, 0.25) is 5.89 Å². The van der Waals surface area contributed by atoms with Crippen LogP contribution in [0.1, 0.15) is 39.4 Å². The summed E-state index contributed by atoms with van der Waals surface area (Å²) in [4.78, 5) is 29.5. The molecule has 1 aromatic heterocycles. The van der Waals surface area contributed by atoms with Crippen LogP contribution in [0.15, 0.2) is 57.9 Å². The zero-order chi connectivity index (χ0) is 19.9. The van der Waals surface area contributed by atoms with Gasteiger partial charge in [0.05, 0.1) is 11.3 Å². The first kappa shape index (κ1) is 19.6. The molecule has 0 aliphatic heterocycles. The van der Waals surface area contributed by atoms with E-state index in [-0.39, 0.29) is 11.8 Å². The van der Waals surface area contributed by atoms with E-state index in [1.807, 2.05) is 25.1 Å². The van der Waals surface area contributed by atoms with E-state index in [0.29, 0.717) is 40.8 Å². The van der Waals surface area contributed by atoms with Crippen LogP contribution in [0.5, 0.6) is 0 Å². The van der Waals surface area contributed by atoms with Crippen molar-refractivity contribution in [2.45, 2.75) is 24.5 Å². The minimum absolute atomic E-state index is 0.140. The van der Waals surface area contributed by atoms with Gasteiger partial charge in [-0.15, -0.1) is 11.8 Å².